The maximum atomic E-state index is 13.3. The monoisotopic (exact) mass is 434 g/mol. The van der Waals surface area contributed by atoms with Crippen LogP contribution in [0.1, 0.15) is 21.5 Å². The van der Waals surface area contributed by atoms with Gasteiger partial charge in [-0.3, -0.25) is 9.78 Å². The van der Waals surface area contributed by atoms with E-state index in [1.807, 2.05) is 31.3 Å². The predicted molar refractivity (Wildman–Crippen MR) is 118 cm³/mol. The number of amides is 1. The number of aromatic nitrogens is 2. The molecule has 8 nitrogen and oxygen atoms in total. The van der Waals surface area contributed by atoms with Gasteiger partial charge in [-0.2, -0.15) is 0 Å². The van der Waals surface area contributed by atoms with E-state index in [2.05, 4.69) is 26.0 Å². The van der Waals surface area contributed by atoms with Gasteiger partial charge in [0.25, 0.3) is 5.91 Å². The van der Waals surface area contributed by atoms with Crippen molar-refractivity contribution >= 4 is 11.7 Å². The molecule has 9 heteroatoms. The lowest BCUT2D eigenvalue weighted by atomic mass is 10.1. The van der Waals surface area contributed by atoms with Gasteiger partial charge in [-0.1, -0.05) is 6.07 Å². The molecule has 0 bridgehead atoms. The summed E-state index contributed by atoms with van der Waals surface area (Å²) in [5, 5.41) is 7.89. The summed E-state index contributed by atoms with van der Waals surface area (Å²) >= 11 is 0. The Labute approximate surface area is 185 Å². The first-order valence-electron chi connectivity index (χ1n) is 10.0. The lowest BCUT2D eigenvalue weighted by molar-refractivity contribution is 0.0950. The molecule has 3 N–H and O–H groups in total. The second kappa shape index (κ2) is 9.44. The third kappa shape index (κ3) is 5.19. The van der Waals surface area contributed by atoms with E-state index in [1.165, 1.54) is 12.3 Å². The van der Waals surface area contributed by atoms with Gasteiger partial charge < -0.3 is 20.4 Å². The number of benzene rings is 1. The van der Waals surface area contributed by atoms with Crippen molar-refractivity contribution in [3.63, 3.8) is 0 Å². The van der Waals surface area contributed by atoms with Crippen LogP contribution in [-0.4, -0.2) is 34.1 Å². The van der Waals surface area contributed by atoms with E-state index in [9.17, 15) is 9.18 Å². The van der Waals surface area contributed by atoms with Gasteiger partial charge in [-0.05, 0) is 42.8 Å². The third-order valence-electron chi connectivity index (χ3n) is 4.85. The zero-order valence-electron chi connectivity index (χ0n) is 17.7. The third-order valence-corrected chi connectivity index (χ3v) is 4.85. The molecule has 0 fully saturated rings. The molecule has 1 amide bonds. The van der Waals surface area contributed by atoms with Crippen LogP contribution in [0.4, 0.5) is 10.2 Å². The van der Waals surface area contributed by atoms with Crippen LogP contribution < -0.4 is 20.8 Å². The normalized spacial score (nSPS) is 15.0. The summed E-state index contributed by atoms with van der Waals surface area (Å²) in [5.41, 5.74) is 4.94. The summed E-state index contributed by atoms with van der Waals surface area (Å²) in [5.74, 6) is 1.07. The number of pyridine rings is 2. The first kappa shape index (κ1) is 21.3. The summed E-state index contributed by atoms with van der Waals surface area (Å²) < 4.78 is 19.3. The molecule has 1 atom stereocenters. The minimum Gasteiger partial charge on any atom is -0.457 e. The van der Waals surface area contributed by atoms with Crippen molar-refractivity contribution < 1.29 is 13.9 Å². The fourth-order valence-electron chi connectivity index (χ4n) is 3.24. The highest BCUT2D eigenvalue weighted by Crippen LogP contribution is 2.28. The molecule has 1 unspecified atom stereocenters. The summed E-state index contributed by atoms with van der Waals surface area (Å²) in [6.45, 7) is 1.99. The Hall–Kier alpha value is -3.98. The molecule has 0 saturated carbocycles. The number of nitrogens with one attached hydrogen (secondary N) is 3. The number of ether oxygens (including phenoxy) is 1. The van der Waals surface area contributed by atoms with Crippen molar-refractivity contribution in [1.82, 2.24) is 25.7 Å². The van der Waals surface area contributed by atoms with Gasteiger partial charge in [0.2, 0.25) is 0 Å². The number of rotatable bonds is 7. The van der Waals surface area contributed by atoms with Crippen LogP contribution in [0.15, 0.2) is 67.3 Å². The van der Waals surface area contributed by atoms with E-state index in [0.29, 0.717) is 34.0 Å². The van der Waals surface area contributed by atoms with Crippen LogP contribution in [-0.2, 0) is 6.54 Å². The minimum absolute atomic E-state index is 0.0650. The van der Waals surface area contributed by atoms with Crippen LogP contribution in [0.2, 0.25) is 0 Å². The van der Waals surface area contributed by atoms with Crippen molar-refractivity contribution in [2.45, 2.75) is 19.6 Å². The molecule has 4 rings (SSSR count). The molecule has 2 aromatic heterocycles. The maximum Gasteiger partial charge on any atom is 0.251 e. The highest BCUT2D eigenvalue weighted by Gasteiger charge is 2.15. The van der Waals surface area contributed by atoms with Crippen molar-refractivity contribution in [3.8, 4) is 11.5 Å². The Morgan fingerprint density at radius 2 is 2.16 bits per heavy atom. The lowest BCUT2D eigenvalue weighted by Crippen LogP contribution is -2.37. The second-order valence-electron chi connectivity index (χ2n) is 7.31. The van der Waals surface area contributed by atoms with Gasteiger partial charge in [0, 0.05) is 49.4 Å². The van der Waals surface area contributed by atoms with E-state index in [-0.39, 0.29) is 18.6 Å². The van der Waals surface area contributed by atoms with Crippen LogP contribution in [0, 0.1) is 12.7 Å². The van der Waals surface area contributed by atoms with E-state index >= 15 is 0 Å². The number of anilines is 1. The van der Waals surface area contributed by atoms with Crippen molar-refractivity contribution in [2.75, 3.05) is 12.4 Å². The Kier molecular flexibility index (Phi) is 6.27. The molecule has 32 heavy (non-hydrogen) atoms. The van der Waals surface area contributed by atoms with Crippen molar-refractivity contribution in [1.29, 1.82) is 0 Å². The van der Waals surface area contributed by atoms with Gasteiger partial charge in [0.05, 0.1) is 6.20 Å². The highest BCUT2D eigenvalue weighted by molar-refractivity contribution is 5.96. The van der Waals surface area contributed by atoms with Gasteiger partial charge in [0.15, 0.2) is 0 Å². The molecule has 1 aromatic carbocycles. The largest absolute Gasteiger partial charge is 0.457 e. The molecular formula is C23H23FN6O2. The fourth-order valence-corrected chi connectivity index (χ4v) is 3.24. The Bertz CT molecular complexity index is 1150. The number of nitrogens with zero attached hydrogens (tertiary/aromatic N) is 3. The van der Waals surface area contributed by atoms with E-state index in [1.54, 1.807) is 36.5 Å². The summed E-state index contributed by atoms with van der Waals surface area (Å²) in [4.78, 5) is 20.8. The summed E-state index contributed by atoms with van der Waals surface area (Å²) in [6, 6.07) is 10.1. The maximum absolute atomic E-state index is 13.3. The number of carbonyl (C=O) groups is 1. The molecule has 0 aliphatic carbocycles. The molecule has 0 spiro atoms. The number of carbonyl (C=O) groups excluding carboxylic acids is 1. The van der Waals surface area contributed by atoms with E-state index in [0.717, 1.165) is 6.20 Å². The van der Waals surface area contributed by atoms with Gasteiger partial charge in [-0.15, -0.1) is 0 Å². The van der Waals surface area contributed by atoms with E-state index < -0.39 is 5.82 Å². The topological polar surface area (TPSA) is 91.4 Å². The molecule has 0 saturated heterocycles. The molecule has 0 radical (unpaired) electrons. The Balaban J connectivity index is 1.44. The number of hydrogen-bond donors (Lipinski definition) is 3. The first-order valence-corrected chi connectivity index (χ1v) is 10.0. The molecule has 3 heterocycles. The second-order valence-corrected chi connectivity index (χ2v) is 7.31. The summed E-state index contributed by atoms with van der Waals surface area (Å²) in [7, 11) is 1.91. The van der Waals surface area contributed by atoms with Crippen LogP contribution in [0.25, 0.3) is 0 Å². The molecule has 164 valence electrons. The predicted octanol–water partition coefficient (Wildman–Crippen LogP) is 3.35. The van der Waals surface area contributed by atoms with Crippen molar-refractivity contribution in [3.05, 3.63) is 89.8 Å². The minimum atomic E-state index is -0.443. The SMILES string of the molecule is Cc1c(Oc2ccnc(NC3C=CN(C)N3)c2)cccc1C(=O)NCc1cncc(F)c1. The smallest absolute Gasteiger partial charge is 0.251 e. The number of hydrogen-bond acceptors (Lipinski definition) is 7. The lowest BCUT2D eigenvalue weighted by Gasteiger charge is -2.17. The molecule has 1 aliphatic heterocycles. The van der Waals surface area contributed by atoms with Crippen LogP contribution in [0.3, 0.4) is 0 Å². The Morgan fingerprint density at radius 1 is 1.28 bits per heavy atom. The van der Waals surface area contributed by atoms with E-state index in [4.69, 9.17) is 4.74 Å². The molecule has 3 aromatic rings. The van der Waals surface area contributed by atoms with Gasteiger partial charge in [-0.25, -0.2) is 14.8 Å². The average molecular weight is 434 g/mol. The highest BCUT2D eigenvalue weighted by atomic mass is 19.1. The quantitative estimate of drug-likeness (QED) is 0.525. The van der Waals surface area contributed by atoms with Gasteiger partial charge >= 0.3 is 0 Å². The Morgan fingerprint density at radius 3 is 2.94 bits per heavy atom. The van der Waals surface area contributed by atoms with Crippen LogP contribution in [0.5, 0.6) is 11.5 Å². The fraction of sp³-hybridized carbons (Fsp3) is 0.174. The zero-order chi connectivity index (χ0) is 22.5. The molecule has 1 aliphatic rings. The first-order chi connectivity index (χ1) is 15.5. The van der Waals surface area contributed by atoms with Crippen molar-refractivity contribution in [2.24, 2.45) is 0 Å². The molecular weight excluding hydrogens is 411 g/mol. The average Bonchev–Trinajstić information content (AvgIpc) is 3.18. The van der Waals surface area contributed by atoms with Crippen LogP contribution >= 0.6 is 0 Å². The number of hydrazine groups is 1. The number of halogens is 1. The zero-order valence-corrected chi connectivity index (χ0v) is 17.7. The summed E-state index contributed by atoms with van der Waals surface area (Å²) in [6.07, 6.45) is 8.11. The standard InChI is InChI=1S/C23H23FN6O2/c1-15-19(23(31)27-13-16-10-17(24)14-25-12-16)4-3-5-20(15)32-18-6-8-26-22(11-18)28-21-7-9-30(2)29-21/h3-12,14,21,29H,13H2,1-2H3,(H,26,28)(H,27,31). The van der Waals surface area contributed by atoms with Gasteiger partial charge in [0.1, 0.15) is 29.3 Å².